The molecule has 0 saturated heterocycles. The third-order valence-electron chi connectivity index (χ3n) is 5.45. The number of carbonyl (C=O) groups excluding carboxylic acids is 1. The number of aryl methyl sites for hydroxylation is 2. The molecule has 0 radical (unpaired) electrons. The Kier molecular flexibility index (Phi) is 8.86. The van der Waals surface area contributed by atoms with Gasteiger partial charge in [0.15, 0.2) is 5.13 Å². The molecule has 2 aromatic carbocycles. The van der Waals surface area contributed by atoms with Gasteiger partial charge >= 0.3 is 0 Å². The molecule has 168 valence electrons. The second kappa shape index (κ2) is 10.9. The molecular formula is C24H33ClN4OS. The first-order valence-corrected chi connectivity index (χ1v) is 11.3. The lowest BCUT2D eigenvalue weighted by molar-refractivity contribution is 0.0984. The molecule has 0 N–H and O–H groups in total. The predicted molar refractivity (Wildman–Crippen MR) is 137 cm³/mol. The van der Waals surface area contributed by atoms with Crippen molar-refractivity contribution in [1.82, 2.24) is 9.88 Å². The van der Waals surface area contributed by atoms with Gasteiger partial charge in [-0.1, -0.05) is 31.3 Å². The van der Waals surface area contributed by atoms with Crippen LogP contribution in [0, 0.1) is 13.8 Å². The van der Waals surface area contributed by atoms with Gasteiger partial charge in [-0.3, -0.25) is 9.69 Å². The van der Waals surface area contributed by atoms with Gasteiger partial charge in [-0.25, -0.2) is 4.98 Å². The lowest BCUT2D eigenvalue weighted by Gasteiger charge is -2.25. The minimum Gasteiger partial charge on any atom is -0.378 e. The minimum atomic E-state index is 0. The highest BCUT2D eigenvalue weighted by Gasteiger charge is 2.22. The Morgan fingerprint density at radius 3 is 2.23 bits per heavy atom. The van der Waals surface area contributed by atoms with E-state index in [1.807, 2.05) is 48.2 Å². The van der Waals surface area contributed by atoms with Crippen LogP contribution in [-0.4, -0.2) is 56.1 Å². The van der Waals surface area contributed by atoms with E-state index in [1.54, 1.807) is 11.3 Å². The molecule has 5 nitrogen and oxygen atoms in total. The fraction of sp³-hybridized carbons (Fsp3) is 0.417. The molecule has 0 aliphatic carbocycles. The molecule has 0 fully saturated rings. The first kappa shape index (κ1) is 25.1. The summed E-state index contributed by atoms with van der Waals surface area (Å²) in [6.45, 7) is 11.9. The summed E-state index contributed by atoms with van der Waals surface area (Å²) in [5.74, 6) is 0.000827. The Bertz CT molecular complexity index is 1010. The monoisotopic (exact) mass is 460 g/mol. The van der Waals surface area contributed by atoms with E-state index in [1.165, 1.54) is 11.1 Å². The zero-order valence-corrected chi connectivity index (χ0v) is 20.9. The molecule has 1 amide bonds. The number of nitrogens with zero attached hydrogens (tertiary/aromatic N) is 4. The second-order valence-corrected chi connectivity index (χ2v) is 8.83. The first-order chi connectivity index (χ1) is 14.3. The standard InChI is InChI=1S/C24H32N4OS.ClH/c1-7-27(8-2)13-14-28(23(29)19-9-11-20(12-10-19)26(5)6)24-25-21-16-17(3)15-18(4)22(21)30-24;/h9-12,15-16H,7-8,13-14H2,1-6H3;1H. The van der Waals surface area contributed by atoms with Gasteiger partial charge in [0.25, 0.3) is 5.91 Å². The van der Waals surface area contributed by atoms with Gasteiger partial charge in [0.2, 0.25) is 0 Å². The molecule has 1 heterocycles. The average molecular weight is 461 g/mol. The van der Waals surface area contributed by atoms with Crippen LogP contribution in [0.25, 0.3) is 10.2 Å². The molecule has 0 atom stereocenters. The number of likely N-dealkylation sites (N-methyl/N-ethyl adjacent to an activating group) is 1. The van der Waals surface area contributed by atoms with Crippen molar-refractivity contribution in [1.29, 1.82) is 0 Å². The van der Waals surface area contributed by atoms with E-state index in [-0.39, 0.29) is 18.3 Å². The fourth-order valence-corrected chi connectivity index (χ4v) is 4.64. The van der Waals surface area contributed by atoms with Crippen molar-refractivity contribution in [2.24, 2.45) is 0 Å². The molecule has 0 bridgehead atoms. The molecular weight excluding hydrogens is 428 g/mol. The number of halogens is 1. The number of hydrogen-bond acceptors (Lipinski definition) is 5. The quantitative estimate of drug-likeness (QED) is 0.451. The van der Waals surface area contributed by atoms with Crippen LogP contribution >= 0.6 is 23.7 Å². The van der Waals surface area contributed by atoms with Crippen molar-refractivity contribution in [2.75, 3.05) is 50.1 Å². The van der Waals surface area contributed by atoms with Gasteiger partial charge in [0, 0.05) is 38.4 Å². The van der Waals surface area contributed by atoms with Crippen molar-refractivity contribution >= 4 is 50.7 Å². The van der Waals surface area contributed by atoms with Crippen LogP contribution in [-0.2, 0) is 0 Å². The van der Waals surface area contributed by atoms with Crippen molar-refractivity contribution in [3.8, 4) is 0 Å². The third kappa shape index (κ3) is 5.76. The highest BCUT2D eigenvalue weighted by molar-refractivity contribution is 7.22. The molecule has 0 spiro atoms. The zero-order chi connectivity index (χ0) is 21.8. The fourth-order valence-electron chi connectivity index (χ4n) is 3.60. The number of hydrogen-bond donors (Lipinski definition) is 0. The van der Waals surface area contributed by atoms with Gasteiger partial charge in [-0.15, -0.1) is 12.4 Å². The van der Waals surface area contributed by atoms with Gasteiger partial charge in [0.1, 0.15) is 0 Å². The van der Waals surface area contributed by atoms with Crippen molar-refractivity contribution in [3.63, 3.8) is 0 Å². The van der Waals surface area contributed by atoms with Gasteiger partial charge < -0.3 is 9.80 Å². The summed E-state index contributed by atoms with van der Waals surface area (Å²) in [6.07, 6.45) is 0. The Morgan fingerprint density at radius 2 is 1.65 bits per heavy atom. The Morgan fingerprint density at radius 1 is 1.00 bits per heavy atom. The van der Waals surface area contributed by atoms with Crippen LogP contribution in [0.3, 0.4) is 0 Å². The normalized spacial score (nSPS) is 10.9. The summed E-state index contributed by atoms with van der Waals surface area (Å²) in [7, 11) is 4.00. The second-order valence-electron chi connectivity index (χ2n) is 7.85. The van der Waals surface area contributed by atoms with Crippen molar-refractivity contribution in [3.05, 3.63) is 53.1 Å². The summed E-state index contributed by atoms with van der Waals surface area (Å²) in [6, 6.07) is 12.1. The SMILES string of the molecule is CCN(CC)CCN(C(=O)c1ccc(N(C)C)cc1)c1nc2cc(C)cc(C)c2s1.Cl. The summed E-state index contributed by atoms with van der Waals surface area (Å²) in [4.78, 5) is 24.6. The lowest BCUT2D eigenvalue weighted by Crippen LogP contribution is -2.38. The number of carbonyl (C=O) groups is 1. The number of benzene rings is 2. The van der Waals surface area contributed by atoms with Gasteiger partial charge in [0.05, 0.1) is 10.2 Å². The summed E-state index contributed by atoms with van der Waals surface area (Å²) < 4.78 is 1.15. The first-order valence-electron chi connectivity index (χ1n) is 10.5. The van der Waals surface area contributed by atoms with E-state index < -0.39 is 0 Å². The van der Waals surface area contributed by atoms with E-state index in [2.05, 4.69) is 44.7 Å². The molecule has 0 aliphatic heterocycles. The smallest absolute Gasteiger partial charge is 0.260 e. The molecule has 3 rings (SSSR count). The minimum absolute atomic E-state index is 0. The van der Waals surface area contributed by atoms with Crippen molar-refractivity contribution in [2.45, 2.75) is 27.7 Å². The Labute approximate surface area is 196 Å². The van der Waals surface area contributed by atoms with E-state index in [9.17, 15) is 4.79 Å². The van der Waals surface area contributed by atoms with Gasteiger partial charge in [-0.2, -0.15) is 0 Å². The zero-order valence-electron chi connectivity index (χ0n) is 19.3. The number of anilines is 2. The largest absolute Gasteiger partial charge is 0.378 e. The number of fused-ring (bicyclic) bond motifs is 1. The molecule has 7 heteroatoms. The van der Waals surface area contributed by atoms with E-state index in [0.717, 1.165) is 40.7 Å². The van der Waals surface area contributed by atoms with E-state index >= 15 is 0 Å². The number of thiazole rings is 1. The van der Waals surface area contributed by atoms with Crippen molar-refractivity contribution < 1.29 is 4.79 Å². The number of aromatic nitrogens is 1. The summed E-state index contributed by atoms with van der Waals surface area (Å²) in [5, 5.41) is 0.771. The van der Waals surface area contributed by atoms with E-state index in [0.29, 0.717) is 12.1 Å². The summed E-state index contributed by atoms with van der Waals surface area (Å²) >= 11 is 1.61. The topological polar surface area (TPSA) is 39.7 Å². The Balaban J connectivity index is 0.00000341. The van der Waals surface area contributed by atoms with Crippen LogP contribution in [0.5, 0.6) is 0 Å². The maximum Gasteiger partial charge on any atom is 0.260 e. The number of amides is 1. The van der Waals surface area contributed by atoms with E-state index in [4.69, 9.17) is 4.98 Å². The maximum absolute atomic E-state index is 13.5. The van der Waals surface area contributed by atoms with Crippen LogP contribution < -0.4 is 9.80 Å². The van der Waals surface area contributed by atoms with Gasteiger partial charge in [-0.05, 0) is 68.4 Å². The maximum atomic E-state index is 13.5. The van der Waals surface area contributed by atoms with Crippen LogP contribution in [0.2, 0.25) is 0 Å². The van der Waals surface area contributed by atoms with Crippen LogP contribution in [0.1, 0.15) is 35.3 Å². The molecule has 31 heavy (non-hydrogen) atoms. The Hall–Kier alpha value is -2.15. The molecule has 1 aromatic heterocycles. The van der Waals surface area contributed by atoms with Crippen LogP contribution in [0.15, 0.2) is 36.4 Å². The lowest BCUT2D eigenvalue weighted by atomic mass is 10.1. The molecule has 0 aliphatic rings. The van der Waals surface area contributed by atoms with Crippen LogP contribution in [0.4, 0.5) is 10.8 Å². The third-order valence-corrected chi connectivity index (χ3v) is 6.68. The molecule has 3 aromatic rings. The highest BCUT2D eigenvalue weighted by Crippen LogP contribution is 2.33. The number of rotatable bonds is 8. The highest BCUT2D eigenvalue weighted by atomic mass is 35.5. The summed E-state index contributed by atoms with van der Waals surface area (Å²) in [5.41, 5.74) is 5.13. The molecule has 0 saturated carbocycles. The predicted octanol–water partition coefficient (Wildman–Crippen LogP) is 5.39. The molecule has 0 unspecified atom stereocenters. The average Bonchev–Trinajstić information content (AvgIpc) is 3.15.